The lowest BCUT2D eigenvalue weighted by atomic mass is 10.2. The Balaban J connectivity index is 1.93. The fraction of sp³-hybridized carbons (Fsp3) is 0.389. The summed E-state index contributed by atoms with van der Waals surface area (Å²) in [6.07, 6.45) is 0.589. The number of nitrogens with two attached hydrogens (primary N) is 1. The zero-order chi connectivity index (χ0) is 19.6. The van der Waals surface area contributed by atoms with Crippen LogP contribution in [0.3, 0.4) is 0 Å². The van der Waals surface area contributed by atoms with E-state index in [2.05, 4.69) is 4.98 Å². The number of aromatic nitrogens is 1. The van der Waals surface area contributed by atoms with E-state index < -0.39 is 10.0 Å². The predicted molar refractivity (Wildman–Crippen MR) is 106 cm³/mol. The number of halogens is 1. The van der Waals surface area contributed by atoms with E-state index in [0.29, 0.717) is 42.6 Å². The Bertz CT molecular complexity index is 923. The number of anilines is 2. The Morgan fingerprint density at radius 3 is 2.81 bits per heavy atom. The zero-order valence-corrected chi connectivity index (χ0v) is 16.9. The van der Waals surface area contributed by atoms with Crippen molar-refractivity contribution in [1.29, 1.82) is 0 Å². The van der Waals surface area contributed by atoms with Crippen molar-refractivity contribution in [3.8, 4) is 0 Å². The lowest BCUT2D eigenvalue weighted by Gasteiger charge is -2.25. The van der Waals surface area contributed by atoms with Gasteiger partial charge in [-0.2, -0.15) is 4.31 Å². The standard InChI is InChI=1S/C18H23ClN4O3S/c1-22(11-14-4-3-5-18(20)21-14)16-7-6-13(19)10-17(16)27(24,25)23-9-8-15(12-23)26-2/h3-7,10,15H,8-9,11-12H2,1-2H3,(H2,20,21)/t15-/m1/s1. The van der Waals surface area contributed by atoms with Crippen LogP contribution in [0.1, 0.15) is 12.1 Å². The third kappa shape index (κ3) is 4.35. The molecule has 1 aromatic carbocycles. The largest absolute Gasteiger partial charge is 0.384 e. The van der Waals surface area contributed by atoms with Gasteiger partial charge < -0.3 is 15.4 Å². The molecule has 9 heteroatoms. The molecule has 0 aliphatic carbocycles. The Hall–Kier alpha value is -1.87. The second-order valence-electron chi connectivity index (χ2n) is 6.53. The predicted octanol–water partition coefficient (Wildman–Crippen LogP) is 2.36. The highest BCUT2D eigenvalue weighted by Crippen LogP contribution is 2.32. The fourth-order valence-electron chi connectivity index (χ4n) is 3.17. The Kier molecular flexibility index (Phi) is 5.90. The molecule has 2 heterocycles. The molecule has 0 radical (unpaired) electrons. The van der Waals surface area contributed by atoms with Crippen LogP contribution in [0.5, 0.6) is 0 Å². The van der Waals surface area contributed by atoms with Crippen LogP contribution in [0.4, 0.5) is 11.5 Å². The fourth-order valence-corrected chi connectivity index (χ4v) is 5.16. The molecule has 1 aliphatic rings. The number of ether oxygens (including phenoxy) is 1. The number of methoxy groups -OCH3 is 1. The van der Waals surface area contributed by atoms with Gasteiger partial charge in [0.1, 0.15) is 10.7 Å². The third-order valence-corrected chi connectivity index (χ3v) is 6.75. The van der Waals surface area contributed by atoms with E-state index in [1.165, 1.54) is 10.4 Å². The molecule has 1 aliphatic heterocycles. The minimum Gasteiger partial charge on any atom is -0.384 e. The number of sulfonamides is 1. The Labute approximate surface area is 164 Å². The molecule has 0 spiro atoms. The molecule has 0 unspecified atom stereocenters. The number of rotatable bonds is 6. The molecular weight excluding hydrogens is 388 g/mol. The summed E-state index contributed by atoms with van der Waals surface area (Å²) < 4.78 is 33.2. The lowest BCUT2D eigenvalue weighted by Crippen LogP contribution is -2.31. The average Bonchev–Trinajstić information content (AvgIpc) is 3.11. The molecule has 0 amide bonds. The first-order valence-electron chi connectivity index (χ1n) is 8.56. The minimum atomic E-state index is -3.70. The first-order valence-corrected chi connectivity index (χ1v) is 10.4. The van der Waals surface area contributed by atoms with E-state index in [-0.39, 0.29) is 11.0 Å². The summed E-state index contributed by atoms with van der Waals surface area (Å²) in [5.74, 6) is 0.424. The monoisotopic (exact) mass is 410 g/mol. The van der Waals surface area contributed by atoms with Gasteiger partial charge in [0.05, 0.1) is 24.0 Å². The summed E-state index contributed by atoms with van der Waals surface area (Å²) in [4.78, 5) is 6.29. The number of nitrogen functional groups attached to an aromatic ring is 1. The van der Waals surface area contributed by atoms with E-state index in [9.17, 15) is 8.42 Å². The van der Waals surface area contributed by atoms with Crippen LogP contribution in [-0.2, 0) is 21.3 Å². The molecule has 7 nitrogen and oxygen atoms in total. The van der Waals surface area contributed by atoms with Gasteiger partial charge >= 0.3 is 0 Å². The van der Waals surface area contributed by atoms with Crippen molar-refractivity contribution >= 4 is 33.1 Å². The quantitative estimate of drug-likeness (QED) is 0.786. The molecule has 3 rings (SSSR count). The highest BCUT2D eigenvalue weighted by Gasteiger charge is 2.34. The van der Waals surface area contributed by atoms with Crippen molar-refractivity contribution in [2.45, 2.75) is 24.0 Å². The van der Waals surface area contributed by atoms with Gasteiger partial charge in [0.15, 0.2) is 0 Å². The molecule has 1 saturated heterocycles. The SMILES string of the molecule is CO[C@@H]1CCN(S(=O)(=O)c2cc(Cl)ccc2N(C)Cc2cccc(N)n2)C1. The van der Waals surface area contributed by atoms with E-state index in [0.717, 1.165) is 5.69 Å². The van der Waals surface area contributed by atoms with E-state index >= 15 is 0 Å². The number of benzene rings is 1. The van der Waals surface area contributed by atoms with Crippen molar-refractivity contribution in [2.75, 3.05) is 37.9 Å². The van der Waals surface area contributed by atoms with Gasteiger partial charge in [-0.3, -0.25) is 0 Å². The van der Waals surface area contributed by atoms with Gasteiger partial charge in [-0.25, -0.2) is 13.4 Å². The van der Waals surface area contributed by atoms with Crippen molar-refractivity contribution in [3.05, 3.63) is 47.1 Å². The average molecular weight is 411 g/mol. The molecule has 2 N–H and O–H groups in total. The molecule has 1 aromatic heterocycles. The first kappa shape index (κ1) is 19.9. The smallest absolute Gasteiger partial charge is 0.245 e. The number of hydrogen-bond donors (Lipinski definition) is 1. The van der Waals surface area contributed by atoms with Crippen LogP contribution >= 0.6 is 11.6 Å². The molecule has 0 saturated carbocycles. The number of nitrogens with zero attached hydrogens (tertiary/aromatic N) is 3. The van der Waals surface area contributed by atoms with Crippen LogP contribution in [0.25, 0.3) is 0 Å². The van der Waals surface area contributed by atoms with Gasteiger partial charge in [0, 0.05) is 32.3 Å². The van der Waals surface area contributed by atoms with Crippen molar-refractivity contribution < 1.29 is 13.2 Å². The van der Waals surface area contributed by atoms with Crippen molar-refractivity contribution in [1.82, 2.24) is 9.29 Å². The molecule has 1 atom stereocenters. The van der Waals surface area contributed by atoms with Gasteiger partial charge in [-0.05, 0) is 36.8 Å². The van der Waals surface area contributed by atoms with E-state index in [4.69, 9.17) is 22.1 Å². The van der Waals surface area contributed by atoms with Crippen LogP contribution in [0, 0.1) is 0 Å². The summed E-state index contributed by atoms with van der Waals surface area (Å²) >= 11 is 6.12. The minimum absolute atomic E-state index is 0.0865. The third-order valence-electron chi connectivity index (χ3n) is 4.62. The summed E-state index contributed by atoms with van der Waals surface area (Å²) in [5, 5.41) is 0.371. The highest BCUT2D eigenvalue weighted by molar-refractivity contribution is 7.89. The van der Waals surface area contributed by atoms with Crippen LogP contribution in [-0.4, -0.2) is 51.1 Å². The normalized spacial score (nSPS) is 18.0. The van der Waals surface area contributed by atoms with E-state index in [1.807, 2.05) is 24.1 Å². The molecule has 27 heavy (non-hydrogen) atoms. The maximum absolute atomic E-state index is 13.2. The molecule has 2 aromatic rings. The lowest BCUT2D eigenvalue weighted by molar-refractivity contribution is 0.115. The molecule has 0 bridgehead atoms. The van der Waals surface area contributed by atoms with Crippen LogP contribution in [0.2, 0.25) is 5.02 Å². The Morgan fingerprint density at radius 2 is 2.15 bits per heavy atom. The van der Waals surface area contributed by atoms with Gasteiger partial charge in [-0.15, -0.1) is 0 Å². The van der Waals surface area contributed by atoms with Crippen LogP contribution in [0.15, 0.2) is 41.3 Å². The molecule has 146 valence electrons. The first-order chi connectivity index (χ1) is 12.8. The van der Waals surface area contributed by atoms with E-state index in [1.54, 1.807) is 25.3 Å². The maximum Gasteiger partial charge on any atom is 0.245 e. The summed E-state index contributed by atoms with van der Waals surface area (Å²) in [6.45, 7) is 1.18. The second kappa shape index (κ2) is 8.02. The molecular formula is C18H23ClN4O3S. The Morgan fingerprint density at radius 1 is 1.37 bits per heavy atom. The zero-order valence-electron chi connectivity index (χ0n) is 15.3. The number of pyridine rings is 1. The number of hydrogen-bond acceptors (Lipinski definition) is 6. The topological polar surface area (TPSA) is 88.8 Å². The highest BCUT2D eigenvalue weighted by atomic mass is 35.5. The van der Waals surface area contributed by atoms with Gasteiger partial charge in [-0.1, -0.05) is 17.7 Å². The maximum atomic E-state index is 13.2. The van der Waals surface area contributed by atoms with Crippen LogP contribution < -0.4 is 10.6 Å². The summed E-state index contributed by atoms with van der Waals surface area (Å²) in [6, 6.07) is 10.3. The van der Waals surface area contributed by atoms with Crippen molar-refractivity contribution in [2.24, 2.45) is 0 Å². The molecule has 1 fully saturated rings. The summed E-state index contributed by atoms with van der Waals surface area (Å²) in [7, 11) is -0.288. The summed E-state index contributed by atoms with van der Waals surface area (Å²) in [5.41, 5.74) is 7.05. The van der Waals surface area contributed by atoms with Gasteiger partial charge in [0.2, 0.25) is 10.0 Å². The van der Waals surface area contributed by atoms with Crippen molar-refractivity contribution in [3.63, 3.8) is 0 Å². The second-order valence-corrected chi connectivity index (χ2v) is 8.87. The van der Waals surface area contributed by atoms with Gasteiger partial charge in [0.25, 0.3) is 0 Å².